The second kappa shape index (κ2) is 4.08. The maximum atomic E-state index is 10.4. The molecule has 0 saturated heterocycles. The van der Waals surface area contributed by atoms with Crippen molar-refractivity contribution < 1.29 is 17.8 Å². The van der Waals surface area contributed by atoms with E-state index in [-0.39, 0.29) is 16.1 Å². The van der Waals surface area contributed by atoms with Crippen LogP contribution in [0.25, 0.3) is 0 Å². The van der Waals surface area contributed by atoms with E-state index in [1.165, 1.54) is 6.92 Å². The minimum Gasteiger partial charge on any atom is -0.288 e. The van der Waals surface area contributed by atoms with Crippen LogP contribution in [0.2, 0.25) is 0 Å². The summed E-state index contributed by atoms with van der Waals surface area (Å²) in [4.78, 5) is 10.4. The molecule has 0 spiro atoms. The fraction of sp³-hybridized carbons (Fsp3) is 0.800. The van der Waals surface area contributed by atoms with Crippen LogP contribution in [0.3, 0.4) is 0 Å². The number of hydrogen-bond acceptors (Lipinski definition) is 4. The molecule has 0 amide bonds. The SMILES string of the molecule is CC(=O)SC(C)CS(=O)(=O)O. The van der Waals surface area contributed by atoms with Gasteiger partial charge in [-0.15, -0.1) is 0 Å². The Labute approximate surface area is 70.1 Å². The molecule has 0 aromatic rings. The standard InChI is InChI=1S/C5H10O4S2/c1-4(10-5(2)6)3-11(7,8)9/h4H,3H2,1-2H3,(H,7,8,9). The van der Waals surface area contributed by atoms with Crippen molar-refractivity contribution in [3.05, 3.63) is 0 Å². The van der Waals surface area contributed by atoms with E-state index in [2.05, 4.69) is 0 Å². The molecule has 0 aromatic heterocycles. The van der Waals surface area contributed by atoms with E-state index in [0.29, 0.717) is 0 Å². The summed E-state index contributed by atoms with van der Waals surface area (Å²) in [6, 6.07) is 0. The van der Waals surface area contributed by atoms with Gasteiger partial charge in [-0.3, -0.25) is 9.35 Å². The van der Waals surface area contributed by atoms with Crippen LogP contribution in [0.1, 0.15) is 13.8 Å². The molecule has 0 aliphatic rings. The largest absolute Gasteiger partial charge is 0.288 e. The maximum Gasteiger partial charge on any atom is 0.265 e. The Bertz CT molecular complexity index is 231. The van der Waals surface area contributed by atoms with Crippen molar-refractivity contribution in [2.24, 2.45) is 0 Å². The van der Waals surface area contributed by atoms with Crippen LogP contribution < -0.4 is 0 Å². The van der Waals surface area contributed by atoms with Crippen molar-refractivity contribution >= 4 is 27.0 Å². The third-order valence-corrected chi connectivity index (χ3v) is 2.85. The fourth-order valence-corrected chi connectivity index (χ4v) is 2.56. The van der Waals surface area contributed by atoms with E-state index >= 15 is 0 Å². The van der Waals surface area contributed by atoms with E-state index in [9.17, 15) is 13.2 Å². The van der Waals surface area contributed by atoms with E-state index in [0.717, 1.165) is 11.8 Å². The molecule has 0 bridgehead atoms. The first kappa shape index (κ1) is 10.9. The monoisotopic (exact) mass is 198 g/mol. The molecule has 11 heavy (non-hydrogen) atoms. The zero-order chi connectivity index (χ0) is 9.07. The van der Waals surface area contributed by atoms with Crippen LogP contribution in [0.4, 0.5) is 0 Å². The lowest BCUT2D eigenvalue weighted by atomic mass is 10.6. The van der Waals surface area contributed by atoms with Gasteiger partial charge in [-0.05, 0) is 0 Å². The lowest BCUT2D eigenvalue weighted by molar-refractivity contribution is -0.109. The van der Waals surface area contributed by atoms with Gasteiger partial charge in [-0.2, -0.15) is 8.42 Å². The molecule has 0 fully saturated rings. The highest BCUT2D eigenvalue weighted by atomic mass is 32.2. The maximum absolute atomic E-state index is 10.4. The first-order chi connectivity index (χ1) is 4.81. The molecule has 66 valence electrons. The molecule has 0 radical (unpaired) electrons. The molecule has 0 aliphatic carbocycles. The van der Waals surface area contributed by atoms with Gasteiger partial charge in [0.05, 0.1) is 5.75 Å². The van der Waals surface area contributed by atoms with Crippen LogP contribution >= 0.6 is 11.8 Å². The van der Waals surface area contributed by atoms with Crippen molar-refractivity contribution in [2.75, 3.05) is 5.75 Å². The van der Waals surface area contributed by atoms with Gasteiger partial charge in [0.1, 0.15) is 0 Å². The molecule has 1 atom stereocenters. The molecule has 0 saturated carbocycles. The van der Waals surface area contributed by atoms with Crippen LogP contribution in [-0.4, -0.2) is 29.1 Å². The topological polar surface area (TPSA) is 71.4 Å². The van der Waals surface area contributed by atoms with Gasteiger partial charge in [0.25, 0.3) is 10.1 Å². The van der Waals surface area contributed by atoms with Gasteiger partial charge in [-0.1, -0.05) is 18.7 Å². The molecule has 0 heterocycles. The predicted molar refractivity (Wildman–Crippen MR) is 44.1 cm³/mol. The van der Waals surface area contributed by atoms with E-state index < -0.39 is 10.1 Å². The normalized spacial score (nSPS) is 14.5. The number of thioether (sulfide) groups is 1. The Balaban J connectivity index is 3.89. The molecule has 4 nitrogen and oxygen atoms in total. The van der Waals surface area contributed by atoms with Crippen LogP contribution in [0.5, 0.6) is 0 Å². The van der Waals surface area contributed by atoms with E-state index in [1.807, 2.05) is 0 Å². The molecule has 0 aliphatic heterocycles. The molecule has 6 heteroatoms. The lowest BCUT2D eigenvalue weighted by Crippen LogP contribution is -2.15. The molecular formula is C5H10O4S2. The van der Waals surface area contributed by atoms with Gasteiger partial charge in [0, 0.05) is 12.2 Å². The summed E-state index contributed by atoms with van der Waals surface area (Å²) in [5, 5.41) is -0.538. The Morgan fingerprint density at radius 1 is 1.64 bits per heavy atom. The number of carbonyl (C=O) groups excluding carboxylic acids is 1. The summed E-state index contributed by atoms with van der Waals surface area (Å²) in [6.07, 6.45) is 0. The number of hydrogen-bond donors (Lipinski definition) is 1. The Morgan fingerprint density at radius 3 is 2.36 bits per heavy atom. The summed E-state index contributed by atoms with van der Waals surface area (Å²) >= 11 is 0.903. The minimum atomic E-state index is -3.94. The minimum absolute atomic E-state index is 0.152. The summed E-state index contributed by atoms with van der Waals surface area (Å²) in [7, 11) is -3.94. The second-order valence-corrected chi connectivity index (χ2v) is 5.28. The Kier molecular flexibility index (Phi) is 4.05. The summed E-state index contributed by atoms with van der Waals surface area (Å²) in [6.45, 7) is 2.92. The van der Waals surface area contributed by atoms with Gasteiger partial charge in [-0.25, -0.2) is 0 Å². The summed E-state index contributed by atoms with van der Waals surface area (Å²) < 4.78 is 28.9. The molecule has 0 rings (SSSR count). The predicted octanol–water partition coefficient (Wildman–Crippen LogP) is 0.542. The fourth-order valence-electron chi connectivity index (χ4n) is 0.614. The van der Waals surface area contributed by atoms with Crippen molar-refractivity contribution in [1.82, 2.24) is 0 Å². The van der Waals surface area contributed by atoms with Gasteiger partial charge in [0.15, 0.2) is 5.12 Å². The van der Waals surface area contributed by atoms with Crippen molar-refractivity contribution in [3.63, 3.8) is 0 Å². The van der Waals surface area contributed by atoms with Gasteiger partial charge in [0.2, 0.25) is 0 Å². The zero-order valence-corrected chi connectivity index (χ0v) is 7.91. The highest BCUT2D eigenvalue weighted by molar-refractivity contribution is 8.14. The second-order valence-electron chi connectivity index (χ2n) is 2.17. The average molecular weight is 198 g/mol. The van der Waals surface area contributed by atoms with Crippen LogP contribution in [0, 0.1) is 0 Å². The average Bonchev–Trinajstić information content (AvgIpc) is 1.53. The van der Waals surface area contributed by atoms with E-state index in [4.69, 9.17) is 4.55 Å². The lowest BCUT2D eigenvalue weighted by Gasteiger charge is -2.04. The Hall–Kier alpha value is -0.0700. The first-order valence-electron chi connectivity index (χ1n) is 2.93. The molecule has 0 aromatic carbocycles. The highest BCUT2D eigenvalue weighted by Gasteiger charge is 2.13. The summed E-state index contributed by atoms with van der Waals surface area (Å²) in [5.41, 5.74) is 0. The number of carbonyl (C=O) groups is 1. The van der Waals surface area contributed by atoms with Crippen molar-refractivity contribution in [2.45, 2.75) is 19.1 Å². The quantitative estimate of drug-likeness (QED) is 0.670. The molecule has 1 unspecified atom stereocenters. The summed E-state index contributed by atoms with van der Waals surface area (Å²) in [5.74, 6) is -0.378. The third-order valence-electron chi connectivity index (χ3n) is 0.812. The van der Waals surface area contributed by atoms with Gasteiger partial charge >= 0.3 is 0 Å². The van der Waals surface area contributed by atoms with Crippen LogP contribution in [0.15, 0.2) is 0 Å². The highest BCUT2D eigenvalue weighted by Crippen LogP contribution is 2.12. The zero-order valence-electron chi connectivity index (χ0n) is 6.27. The van der Waals surface area contributed by atoms with E-state index in [1.54, 1.807) is 6.92 Å². The molecule has 1 N–H and O–H groups in total. The molecular weight excluding hydrogens is 188 g/mol. The van der Waals surface area contributed by atoms with Crippen molar-refractivity contribution in [1.29, 1.82) is 0 Å². The first-order valence-corrected chi connectivity index (χ1v) is 5.42. The van der Waals surface area contributed by atoms with Gasteiger partial charge < -0.3 is 0 Å². The van der Waals surface area contributed by atoms with Crippen LogP contribution in [-0.2, 0) is 14.9 Å². The Morgan fingerprint density at radius 2 is 2.09 bits per heavy atom. The van der Waals surface area contributed by atoms with Crippen molar-refractivity contribution in [3.8, 4) is 0 Å². The smallest absolute Gasteiger partial charge is 0.265 e. The number of rotatable bonds is 3. The third kappa shape index (κ3) is 7.83.